The van der Waals surface area contributed by atoms with Crippen molar-refractivity contribution in [2.24, 2.45) is 13.0 Å². The van der Waals surface area contributed by atoms with Gasteiger partial charge in [0.2, 0.25) is 21.7 Å². The van der Waals surface area contributed by atoms with E-state index in [2.05, 4.69) is 19.8 Å². The zero-order valence-electron chi connectivity index (χ0n) is 17.2. The minimum atomic E-state index is -3.74. The second-order valence-electron chi connectivity index (χ2n) is 7.67. The average Bonchev–Trinajstić information content (AvgIpc) is 3.33. The van der Waals surface area contributed by atoms with Crippen LogP contribution in [0.25, 0.3) is 22.4 Å². The quantitative estimate of drug-likeness (QED) is 0.506. The molecule has 0 unspecified atom stereocenters. The van der Waals surface area contributed by atoms with Crippen LogP contribution >= 0.6 is 0 Å². The predicted octanol–water partition coefficient (Wildman–Crippen LogP) is 3.61. The third-order valence-electron chi connectivity index (χ3n) is 4.97. The molecule has 4 rings (SSSR count). The van der Waals surface area contributed by atoms with Gasteiger partial charge < -0.3 is 9.09 Å². The average molecular weight is 426 g/mol. The first-order valence-electron chi connectivity index (χ1n) is 9.58. The Bertz CT molecular complexity index is 1290. The summed E-state index contributed by atoms with van der Waals surface area (Å²) in [6.45, 7) is 5.70. The van der Waals surface area contributed by atoms with Gasteiger partial charge in [-0.15, -0.1) is 0 Å². The maximum Gasteiger partial charge on any atom is 0.245 e. The Morgan fingerprint density at radius 3 is 2.53 bits per heavy atom. The molecule has 8 nitrogen and oxygen atoms in total. The van der Waals surface area contributed by atoms with E-state index in [0.717, 1.165) is 22.2 Å². The molecule has 0 saturated heterocycles. The van der Waals surface area contributed by atoms with Crippen LogP contribution < -0.4 is 4.72 Å². The fourth-order valence-corrected chi connectivity index (χ4v) is 4.52. The van der Waals surface area contributed by atoms with Crippen molar-refractivity contribution in [2.45, 2.75) is 31.7 Å². The molecule has 0 fully saturated rings. The highest BCUT2D eigenvalue weighted by Crippen LogP contribution is 2.27. The van der Waals surface area contributed by atoms with Gasteiger partial charge in [-0.25, -0.2) is 13.4 Å². The molecule has 0 saturated carbocycles. The number of sulfonamides is 1. The van der Waals surface area contributed by atoms with E-state index < -0.39 is 16.1 Å². The largest absolute Gasteiger partial charge is 0.337 e. The van der Waals surface area contributed by atoms with Gasteiger partial charge in [-0.2, -0.15) is 9.71 Å². The first-order valence-corrected chi connectivity index (χ1v) is 11.1. The van der Waals surface area contributed by atoms with Crippen molar-refractivity contribution in [2.75, 3.05) is 0 Å². The van der Waals surface area contributed by atoms with Crippen LogP contribution in [0.1, 0.15) is 31.3 Å². The second-order valence-corrected chi connectivity index (χ2v) is 9.39. The molecule has 2 heterocycles. The van der Waals surface area contributed by atoms with Crippen molar-refractivity contribution in [1.29, 1.82) is 0 Å². The predicted molar refractivity (Wildman–Crippen MR) is 113 cm³/mol. The highest BCUT2D eigenvalue weighted by Gasteiger charge is 2.28. The highest BCUT2D eigenvalue weighted by atomic mass is 32.2. The van der Waals surface area contributed by atoms with E-state index >= 15 is 0 Å². The lowest BCUT2D eigenvalue weighted by Crippen LogP contribution is -2.32. The van der Waals surface area contributed by atoms with Gasteiger partial charge in [-0.3, -0.25) is 0 Å². The fraction of sp³-hybridized carbons (Fsp3) is 0.286. The van der Waals surface area contributed by atoms with Gasteiger partial charge in [0.1, 0.15) is 6.04 Å². The monoisotopic (exact) mass is 425 g/mol. The summed E-state index contributed by atoms with van der Waals surface area (Å²) in [6, 6.07) is 11.7. The number of hydrogen-bond donors (Lipinski definition) is 1. The van der Waals surface area contributed by atoms with Gasteiger partial charge in [0.15, 0.2) is 0 Å². The van der Waals surface area contributed by atoms with Crippen LogP contribution in [0, 0.1) is 12.8 Å². The number of imidazole rings is 1. The summed E-state index contributed by atoms with van der Waals surface area (Å²) in [5, 5.41) is 4.06. The van der Waals surface area contributed by atoms with Crippen LogP contribution in [0.2, 0.25) is 0 Å². The van der Waals surface area contributed by atoms with Gasteiger partial charge in [-0.1, -0.05) is 36.7 Å². The van der Waals surface area contributed by atoms with Crippen molar-refractivity contribution in [3.8, 4) is 11.4 Å². The molecule has 30 heavy (non-hydrogen) atoms. The number of nitrogens with one attached hydrogen (secondary N) is 1. The van der Waals surface area contributed by atoms with Crippen LogP contribution in [0.5, 0.6) is 0 Å². The van der Waals surface area contributed by atoms with E-state index in [9.17, 15) is 8.42 Å². The van der Waals surface area contributed by atoms with E-state index in [0.29, 0.717) is 5.82 Å². The Kier molecular flexibility index (Phi) is 5.17. The zero-order valence-corrected chi connectivity index (χ0v) is 18.0. The smallest absolute Gasteiger partial charge is 0.245 e. The summed E-state index contributed by atoms with van der Waals surface area (Å²) < 4.78 is 35.8. The molecule has 2 aromatic heterocycles. The molecule has 0 amide bonds. The molecule has 0 radical (unpaired) electrons. The number of nitrogens with zero attached hydrogens (tertiary/aromatic N) is 4. The van der Waals surface area contributed by atoms with Gasteiger partial charge in [0.05, 0.1) is 22.3 Å². The molecule has 2 aromatic carbocycles. The Morgan fingerprint density at radius 1 is 1.10 bits per heavy atom. The number of hydrogen-bond acceptors (Lipinski definition) is 6. The molecule has 156 valence electrons. The van der Waals surface area contributed by atoms with Crippen LogP contribution in [0.4, 0.5) is 0 Å². The third kappa shape index (κ3) is 3.86. The van der Waals surface area contributed by atoms with E-state index in [1.807, 2.05) is 50.6 Å². The van der Waals surface area contributed by atoms with E-state index in [4.69, 9.17) is 4.52 Å². The summed E-state index contributed by atoms with van der Waals surface area (Å²) in [6.07, 6.45) is 1.74. The molecule has 0 aliphatic heterocycles. The van der Waals surface area contributed by atoms with Crippen LogP contribution in [0.15, 0.2) is 58.2 Å². The molecule has 0 spiro atoms. The van der Waals surface area contributed by atoms with Crippen molar-refractivity contribution in [3.63, 3.8) is 0 Å². The molecule has 0 bridgehead atoms. The Hall–Kier alpha value is -3.04. The summed E-state index contributed by atoms with van der Waals surface area (Å²) in [4.78, 5) is 9.01. The minimum absolute atomic E-state index is 0.100. The first-order chi connectivity index (χ1) is 14.2. The standard InChI is InChI=1S/C21H23N5O3S/c1-13(2)19(25-30(27,28)16-8-5-14(3)6-9-16)21-23-20(24-29-21)15-7-10-18-17(11-15)22-12-26(18)4/h5-13,19,25H,1-4H3/t19-/m0/s1. The normalized spacial score (nSPS) is 13.2. The molecule has 0 aliphatic rings. The second kappa shape index (κ2) is 7.66. The third-order valence-corrected chi connectivity index (χ3v) is 6.43. The maximum absolute atomic E-state index is 12.8. The summed E-state index contributed by atoms with van der Waals surface area (Å²) in [7, 11) is -1.82. The minimum Gasteiger partial charge on any atom is -0.337 e. The van der Waals surface area contributed by atoms with Gasteiger partial charge in [-0.05, 0) is 43.2 Å². The molecule has 4 aromatic rings. The van der Waals surface area contributed by atoms with Crippen molar-refractivity contribution in [3.05, 3.63) is 60.2 Å². The van der Waals surface area contributed by atoms with Gasteiger partial charge in [0.25, 0.3) is 0 Å². The highest BCUT2D eigenvalue weighted by molar-refractivity contribution is 7.89. The van der Waals surface area contributed by atoms with Crippen LogP contribution in [0.3, 0.4) is 0 Å². The SMILES string of the molecule is Cc1ccc(S(=O)(=O)N[C@H](c2nc(-c3ccc4c(c3)ncn4C)no2)C(C)C)cc1. The first kappa shape index (κ1) is 20.2. The van der Waals surface area contributed by atoms with Crippen LogP contribution in [-0.2, 0) is 17.1 Å². The molecule has 1 N–H and O–H groups in total. The maximum atomic E-state index is 12.8. The van der Waals surface area contributed by atoms with Gasteiger partial charge in [0, 0.05) is 12.6 Å². The summed E-state index contributed by atoms with van der Waals surface area (Å²) in [5.74, 6) is 0.506. The Morgan fingerprint density at radius 2 is 1.83 bits per heavy atom. The van der Waals surface area contributed by atoms with E-state index in [1.165, 1.54) is 0 Å². The lowest BCUT2D eigenvalue weighted by molar-refractivity contribution is 0.311. The van der Waals surface area contributed by atoms with E-state index in [-0.39, 0.29) is 16.7 Å². The fourth-order valence-electron chi connectivity index (χ4n) is 3.18. The Balaban J connectivity index is 1.63. The number of aryl methyl sites for hydroxylation is 2. The molecule has 9 heteroatoms. The molecule has 1 atom stereocenters. The van der Waals surface area contributed by atoms with Crippen molar-refractivity contribution >= 4 is 21.1 Å². The van der Waals surface area contributed by atoms with Crippen molar-refractivity contribution < 1.29 is 12.9 Å². The number of fused-ring (bicyclic) bond motifs is 1. The number of rotatable bonds is 6. The topological polar surface area (TPSA) is 103 Å². The zero-order chi connectivity index (χ0) is 21.5. The Labute approximate surface area is 175 Å². The van der Waals surface area contributed by atoms with Crippen LogP contribution in [-0.4, -0.2) is 28.1 Å². The molecule has 0 aliphatic carbocycles. The number of benzene rings is 2. The lowest BCUT2D eigenvalue weighted by atomic mass is 10.1. The van der Waals surface area contributed by atoms with Gasteiger partial charge >= 0.3 is 0 Å². The van der Waals surface area contributed by atoms with E-state index in [1.54, 1.807) is 30.6 Å². The summed E-state index contributed by atoms with van der Waals surface area (Å²) in [5.41, 5.74) is 3.55. The van der Waals surface area contributed by atoms with Crippen molar-refractivity contribution in [1.82, 2.24) is 24.4 Å². The lowest BCUT2D eigenvalue weighted by Gasteiger charge is -2.18. The summed E-state index contributed by atoms with van der Waals surface area (Å²) >= 11 is 0. The molecular formula is C21H23N5O3S. The molecular weight excluding hydrogens is 402 g/mol. The number of aromatic nitrogens is 4.